The maximum Gasteiger partial charge on any atom is 0.186 e. The molecule has 0 unspecified atom stereocenters. The van der Waals surface area contributed by atoms with Crippen LogP contribution in [0.5, 0.6) is 0 Å². The number of methoxy groups -OCH3 is 1. The molecule has 0 aromatic carbocycles. The molecule has 6 heteroatoms. The van der Waals surface area contributed by atoms with E-state index in [1.165, 1.54) is 10.5 Å². The van der Waals surface area contributed by atoms with Crippen molar-refractivity contribution in [1.82, 2.24) is 10.3 Å². The summed E-state index contributed by atoms with van der Waals surface area (Å²) in [6.45, 7) is 10.2. The van der Waals surface area contributed by atoms with Crippen LogP contribution in [0.25, 0.3) is 6.08 Å². The zero-order valence-corrected chi connectivity index (χ0v) is 14.0. The van der Waals surface area contributed by atoms with Crippen molar-refractivity contribution in [2.24, 2.45) is 0 Å². The summed E-state index contributed by atoms with van der Waals surface area (Å²) in [5, 5.41) is 4.47. The van der Waals surface area contributed by atoms with Gasteiger partial charge in [0.1, 0.15) is 0 Å². The Bertz CT molecular complexity index is 467. The summed E-state index contributed by atoms with van der Waals surface area (Å²) >= 11 is 1.77. The number of anilines is 1. The van der Waals surface area contributed by atoms with E-state index in [9.17, 15) is 0 Å². The Balaban J connectivity index is 1.94. The molecule has 21 heavy (non-hydrogen) atoms. The van der Waals surface area contributed by atoms with Crippen molar-refractivity contribution in [3.63, 3.8) is 0 Å². The number of nitrogens with one attached hydrogen (secondary N) is 1. The van der Waals surface area contributed by atoms with Gasteiger partial charge in [0, 0.05) is 33.3 Å². The molecule has 0 bridgehead atoms. The molecule has 1 aromatic heterocycles. The zero-order chi connectivity index (χ0) is 15.1. The molecule has 0 spiro atoms. The molecule has 0 saturated carbocycles. The van der Waals surface area contributed by atoms with Gasteiger partial charge in [-0.1, -0.05) is 16.9 Å². The summed E-state index contributed by atoms with van der Waals surface area (Å²) in [4.78, 5) is 8.26. The third-order valence-electron chi connectivity index (χ3n) is 3.37. The molecule has 1 aliphatic heterocycles. The number of nitrogens with zero attached hydrogens (tertiary/aromatic N) is 2. The van der Waals surface area contributed by atoms with E-state index in [-0.39, 0.29) is 0 Å². The third-order valence-corrected chi connectivity index (χ3v) is 4.53. The molecule has 1 fully saturated rings. The van der Waals surface area contributed by atoms with E-state index in [1.807, 2.05) is 0 Å². The molecular weight excluding hydrogens is 286 g/mol. The number of ether oxygens (including phenoxy) is 2. The van der Waals surface area contributed by atoms with Crippen molar-refractivity contribution in [3.05, 3.63) is 16.1 Å². The minimum absolute atomic E-state index is 0.744. The fourth-order valence-electron chi connectivity index (χ4n) is 2.15. The number of morpholine rings is 1. The highest BCUT2D eigenvalue weighted by atomic mass is 32.1. The lowest BCUT2D eigenvalue weighted by atomic mass is 10.2. The number of hydrogen-bond acceptors (Lipinski definition) is 6. The van der Waals surface area contributed by atoms with Gasteiger partial charge in [-0.15, -0.1) is 0 Å². The van der Waals surface area contributed by atoms with E-state index < -0.39 is 0 Å². The van der Waals surface area contributed by atoms with Gasteiger partial charge in [0.05, 0.1) is 30.4 Å². The van der Waals surface area contributed by atoms with Crippen molar-refractivity contribution in [1.29, 1.82) is 0 Å². The van der Waals surface area contributed by atoms with Crippen molar-refractivity contribution in [2.45, 2.75) is 13.8 Å². The van der Waals surface area contributed by atoms with Crippen LogP contribution in [0, 0.1) is 6.92 Å². The minimum atomic E-state index is 0.744. The van der Waals surface area contributed by atoms with Gasteiger partial charge in [0.2, 0.25) is 0 Å². The molecule has 0 atom stereocenters. The molecule has 0 amide bonds. The molecule has 1 aromatic rings. The second-order valence-corrected chi connectivity index (χ2v) is 6.21. The normalized spacial score (nSPS) is 16.5. The molecule has 2 rings (SSSR count). The second kappa shape index (κ2) is 8.48. The van der Waals surface area contributed by atoms with Gasteiger partial charge >= 0.3 is 0 Å². The van der Waals surface area contributed by atoms with Crippen LogP contribution in [0.1, 0.15) is 17.5 Å². The SMILES string of the molecule is COCCNCC(C)=Cc1sc(N2CCOCC2)nc1C. The smallest absolute Gasteiger partial charge is 0.186 e. The Kier molecular flexibility index (Phi) is 6.63. The summed E-state index contributed by atoms with van der Waals surface area (Å²) in [6.07, 6.45) is 2.23. The van der Waals surface area contributed by atoms with E-state index >= 15 is 0 Å². The van der Waals surface area contributed by atoms with Gasteiger partial charge in [0.15, 0.2) is 5.13 Å². The first-order chi connectivity index (χ1) is 10.2. The molecule has 0 radical (unpaired) electrons. The Morgan fingerprint density at radius 3 is 2.95 bits per heavy atom. The summed E-state index contributed by atoms with van der Waals surface area (Å²) in [5.41, 5.74) is 2.42. The van der Waals surface area contributed by atoms with Crippen LogP contribution in [0.3, 0.4) is 0 Å². The Hall–Kier alpha value is -0.950. The second-order valence-electron chi connectivity index (χ2n) is 5.21. The summed E-state index contributed by atoms with van der Waals surface area (Å²) in [6, 6.07) is 0. The minimum Gasteiger partial charge on any atom is -0.383 e. The van der Waals surface area contributed by atoms with E-state index in [0.29, 0.717) is 0 Å². The molecule has 118 valence electrons. The number of rotatable bonds is 7. The first-order valence-corrected chi connectivity index (χ1v) is 8.19. The van der Waals surface area contributed by atoms with Gasteiger partial charge in [-0.3, -0.25) is 0 Å². The molecule has 1 N–H and O–H groups in total. The lowest BCUT2D eigenvalue weighted by molar-refractivity contribution is 0.122. The van der Waals surface area contributed by atoms with E-state index in [0.717, 1.165) is 56.8 Å². The first kappa shape index (κ1) is 16.4. The Labute approximate surface area is 131 Å². The van der Waals surface area contributed by atoms with E-state index in [4.69, 9.17) is 14.5 Å². The molecule has 1 aliphatic rings. The maximum absolute atomic E-state index is 5.39. The topological polar surface area (TPSA) is 46.6 Å². The largest absolute Gasteiger partial charge is 0.383 e. The van der Waals surface area contributed by atoms with Gasteiger partial charge in [-0.05, 0) is 19.9 Å². The molecule has 1 saturated heterocycles. The van der Waals surface area contributed by atoms with Crippen LogP contribution in [0.4, 0.5) is 5.13 Å². The molecule has 0 aliphatic carbocycles. The first-order valence-electron chi connectivity index (χ1n) is 7.37. The van der Waals surface area contributed by atoms with Crippen LogP contribution in [-0.2, 0) is 9.47 Å². The molecule has 5 nitrogen and oxygen atoms in total. The predicted molar refractivity (Wildman–Crippen MR) is 88.3 cm³/mol. The lowest BCUT2D eigenvalue weighted by Crippen LogP contribution is -2.36. The van der Waals surface area contributed by atoms with Crippen LogP contribution in [0.2, 0.25) is 0 Å². The lowest BCUT2D eigenvalue weighted by Gasteiger charge is -2.26. The number of aromatic nitrogens is 1. The molecule has 2 heterocycles. The monoisotopic (exact) mass is 311 g/mol. The number of hydrogen-bond donors (Lipinski definition) is 1. The van der Waals surface area contributed by atoms with Gasteiger partial charge in [-0.2, -0.15) is 0 Å². The molecular formula is C15H25N3O2S. The van der Waals surface area contributed by atoms with Crippen molar-refractivity contribution >= 4 is 22.5 Å². The summed E-state index contributed by atoms with van der Waals surface area (Å²) in [5.74, 6) is 0. The van der Waals surface area contributed by atoms with E-state index in [1.54, 1.807) is 18.4 Å². The summed E-state index contributed by atoms with van der Waals surface area (Å²) in [7, 11) is 1.72. The van der Waals surface area contributed by atoms with Gasteiger partial charge in [0.25, 0.3) is 0 Å². The van der Waals surface area contributed by atoms with Crippen LogP contribution in [0.15, 0.2) is 5.57 Å². The van der Waals surface area contributed by atoms with Crippen molar-refractivity contribution in [3.8, 4) is 0 Å². The number of aryl methyl sites for hydroxylation is 1. The maximum atomic E-state index is 5.39. The third kappa shape index (κ3) is 5.07. The van der Waals surface area contributed by atoms with Gasteiger partial charge < -0.3 is 19.7 Å². The fraction of sp³-hybridized carbons (Fsp3) is 0.667. The van der Waals surface area contributed by atoms with Crippen LogP contribution < -0.4 is 10.2 Å². The van der Waals surface area contributed by atoms with Crippen LogP contribution >= 0.6 is 11.3 Å². The van der Waals surface area contributed by atoms with Crippen molar-refractivity contribution < 1.29 is 9.47 Å². The standard InChI is InChI=1S/C15H25N3O2S/c1-12(11-16-4-7-19-3)10-14-13(2)17-15(21-14)18-5-8-20-9-6-18/h10,16H,4-9,11H2,1-3H3. The van der Waals surface area contributed by atoms with Crippen LogP contribution in [-0.4, -0.2) is 58.1 Å². The highest BCUT2D eigenvalue weighted by Crippen LogP contribution is 2.28. The van der Waals surface area contributed by atoms with E-state index in [2.05, 4.69) is 30.1 Å². The highest BCUT2D eigenvalue weighted by molar-refractivity contribution is 7.16. The van der Waals surface area contributed by atoms with Gasteiger partial charge in [-0.25, -0.2) is 4.98 Å². The summed E-state index contributed by atoms with van der Waals surface area (Å²) < 4.78 is 10.4. The highest BCUT2D eigenvalue weighted by Gasteiger charge is 2.16. The predicted octanol–water partition coefficient (Wildman–Crippen LogP) is 1.93. The Morgan fingerprint density at radius 1 is 1.48 bits per heavy atom. The van der Waals surface area contributed by atoms with Crippen molar-refractivity contribution in [2.75, 3.05) is 58.0 Å². The average Bonchev–Trinajstić information content (AvgIpc) is 2.86. The Morgan fingerprint density at radius 2 is 2.24 bits per heavy atom. The average molecular weight is 311 g/mol. The quantitative estimate of drug-likeness (QED) is 0.780. The number of thiazole rings is 1. The fourth-order valence-corrected chi connectivity index (χ4v) is 3.30. The zero-order valence-electron chi connectivity index (χ0n) is 13.1.